The Balaban J connectivity index is 1.48. The van der Waals surface area contributed by atoms with E-state index in [2.05, 4.69) is 36.2 Å². The summed E-state index contributed by atoms with van der Waals surface area (Å²) in [6.45, 7) is 5.81. The Morgan fingerprint density at radius 1 is 1.19 bits per heavy atom. The molecular formula is C21H23N3OS. The van der Waals surface area contributed by atoms with Crippen molar-refractivity contribution < 1.29 is 4.79 Å². The van der Waals surface area contributed by atoms with Crippen LogP contribution < -0.4 is 10.2 Å². The molecule has 1 aliphatic heterocycles. The molecule has 0 bridgehead atoms. The van der Waals surface area contributed by atoms with Crippen molar-refractivity contribution in [2.24, 2.45) is 5.92 Å². The minimum Gasteiger partial charge on any atom is -0.347 e. The molecule has 1 unspecified atom stereocenters. The maximum absolute atomic E-state index is 12.8. The number of nitrogens with one attached hydrogen (secondary N) is 1. The van der Waals surface area contributed by atoms with Gasteiger partial charge in [0.2, 0.25) is 5.91 Å². The number of rotatable bonds is 3. The molecule has 2 aromatic carbocycles. The molecule has 4 rings (SSSR count). The van der Waals surface area contributed by atoms with Gasteiger partial charge < -0.3 is 10.2 Å². The third-order valence-corrected chi connectivity index (χ3v) is 5.93. The van der Waals surface area contributed by atoms with Crippen LogP contribution in [0.4, 0.5) is 10.8 Å². The van der Waals surface area contributed by atoms with Crippen LogP contribution in [0.1, 0.15) is 24.0 Å². The number of benzene rings is 2. The summed E-state index contributed by atoms with van der Waals surface area (Å²) in [4.78, 5) is 19.8. The Labute approximate surface area is 157 Å². The molecule has 3 aromatic rings. The first-order chi connectivity index (χ1) is 12.6. The summed E-state index contributed by atoms with van der Waals surface area (Å²) < 4.78 is 1.20. The highest BCUT2D eigenvalue weighted by molar-refractivity contribution is 7.22. The largest absolute Gasteiger partial charge is 0.347 e. The zero-order chi connectivity index (χ0) is 18.1. The number of para-hydroxylation sites is 1. The zero-order valence-corrected chi connectivity index (χ0v) is 16.0. The van der Waals surface area contributed by atoms with Gasteiger partial charge in [-0.3, -0.25) is 4.79 Å². The number of hydrogen-bond acceptors (Lipinski definition) is 4. The second kappa shape index (κ2) is 7.08. The number of carbonyl (C=O) groups excluding carboxylic acids is 1. The van der Waals surface area contributed by atoms with Crippen molar-refractivity contribution in [1.29, 1.82) is 0 Å². The summed E-state index contributed by atoms with van der Waals surface area (Å²) in [5, 5.41) is 4.13. The maximum Gasteiger partial charge on any atom is 0.229 e. The van der Waals surface area contributed by atoms with Crippen molar-refractivity contribution in [2.75, 3.05) is 23.3 Å². The molecule has 1 fully saturated rings. The van der Waals surface area contributed by atoms with E-state index in [0.717, 1.165) is 42.3 Å². The molecule has 1 aliphatic rings. The van der Waals surface area contributed by atoms with Gasteiger partial charge >= 0.3 is 0 Å². The fourth-order valence-electron chi connectivity index (χ4n) is 3.65. The van der Waals surface area contributed by atoms with Crippen LogP contribution in [0.5, 0.6) is 0 Å². The lowest BCUT2D eigenvalue weighted by Gasteiger charge is -2.31. The van der Waals surface area contributed by atoms with E-state index in [4.69, 9.17) is 4.98 Å². The molecule has 1 atom stereocenters. The summed E-state index contributed by atoms with van der Waals surface area (Å²) in [7, 11) is 0. The standard InChI is InChI=1S/C21H23N3OS/c1-14-10-15(2)12-17(11-14)22-20(25)16-6-5-9-24(13-16)21-23-18-7-3-4-8-19(18)26-21/h3-4,7-8,10-12,16H,5-6,9,13H2,1-2H3,(H,22,25). The third-order valence-electron chi connectivity index (χ3n) is 4.83. The van der Waals surface area contributed by atoms with E-state index in [0.29, 0.717) is 0 Å². The summed E-state index contributed by atoms with van der Waals surface area (Å²) >= 11 is 1.71. The van der Waals surface area contributed by atoms with E-state index < -0.39 is 0 Å². The van der Waals surface area contributed by atoms with Gasteiger partial charge in [-0.05, 0) is 62.1 Å². The number of thiazole rings is 1. The lowest BCUT2D eigenvalue weighted by Crippen LogP contribution is -2.40. The summed E-state index contributed by atoms with van der Waals surface area (Å²) in [5.41, 5.74) is 4.26. The highest BCUT2D eigenvalue weighted by Crippen LogP contribution is 2.31. The average molecular weight is 366 g/mol. The second-order valence-electron chi connectivity index (χ2n) is 7.11. The van der Waals surface area contributed by atoms with Gasteiger partial charge in [0.05, 0.1) is 16.1 Å². The Bertz CT molecular complexity index is 896. The molecule has 2 heterocycles. The molecule has 4 nitrogen and oxygen atoms in total. The molecule has 1 amide bonds. The number of anilines is 2. The van der Waals surface area contributed by atoms with Crippen LogP contribution in [0, 0.1) is 19.8 Å². The highest BCUT2D eigenvalue weighted by Gasteiger charge is 2.27. The first kappa shape index (κ1) is 17.0. The molecule has 134 valence electrons. The Kier molecular flexibility index (Phi) is 4.64. The first-order valence-corrected chi connectivity index (χ1v) is 9.90. The van der Waals surface area contributed by atoms with E-state index in [1.54, 1.807) is 11.3 Å². The minimum absolute atomic E-state index is 0.00317. The van der Waals surface area contributed by atoms with Crippen molar-refractivity contribution in [1.82, 2.24) is 4.98 Å². The van der Waals surface area contributed by atoms with E-state index in [1.165, 1.54) is 15.8 Å². The number of hydrogen-bond donors (Lipinski definition) is 1. The van der Waals surface area contributed by atoms with Gasteiger partial charge in [-0.15, -0.1) is 0 Å². The quantitative estimate of drug-likeness (QED) is 0.727. The lowest BCUT2D eigenvalue weighted by atomic mass is 9.97. The number of amides is 1. The average Bonchev–Trinajstić information content (AvgIpc) is 3.05. The SMILES string of the molecule is Cc1cc(C)cc(NC(=O)C2CCCN(c3nc4ccccc4s3)C2)c1. The topological polar surface area (TPSA) is 45.2 Å². The monoisotopic (exact) mass is 365 g/mol. The van der Waals surface area contributed by atoms with Gasteiger partial charge in [0.15, 0.2) is 5.13 Å². The number of piperidine rings is 1. The summed E-state index contributed by atoms with van der Waals surface area (Å²) in [5.74, 6) is 0.109. The molecule has 0 spiro atoms. The van der Waals surface area contributed by atoms with Gasteiger partial charge in [-0.1, -0.05) is 29.5 Å². The molecule has 1 aromatic heterocycles. The predicted molar refractivity (Wildman–Crippen MR) is 109 cm³/mol. The molecule has 26 heavy (non-hydrogen) atoms. The third kappa shape index (κ3) is 3.58. The molecule has 0 radical (unpaired) electrons. The number of nitrogens with zero attached hydrogens (tertiary/aromatic N) is 2. The Morgan fingerprint density at radius 2 is 1.96 bits per heavy atom. The van der Waals surface area contributed by atoms with E-state index >= 15 is 0 Å². The van der Waals surface area contributed by atoms with Crippen LogP contribution in [-0.2, 0) is 4.79 Å². The van der Waals surface area contributed by atoms with Crippen LogP contribution in [0.3, 0.4) is 0 Å². The van der Waals surface area contributed by atoms with Gasteiger partial charge in [0.1, 0.15) is 0 Å². The smallest absolute Gasteiger partial charge is 0.229 e. The predicted octanol–water partition coefficient (Wildman–Crippen LogP) is 4.77. The number of aryl methyl sites for hydroxylation is 2. The molecule has 5 heteroatoms. The number of aromatic nitrogens is 1. The van der Waals surface area contributed by atoms with Crippen molar-refractivity contribution in [3.63, 3.8) is 0 Å². The first-order valence-electron chi connectivity index (χ1n) is 9.08. The Hall–Kier alpha value is -2.40. The molecule has 0 aliphatic carbocycles. The fraction of sp³-hybridized carbons (Fsp3) is 0.333. The van der Waals surface area contributed by atoms with Crippen LogP contribution in [0.2, 0.25) is 0 Å². The van der Waals surface area contributed by atoms with Gasteiger partial charge in [-0.2, -0.15) is 0 Å². The maximum atomic E-state index is 12.8. The minimum atomic E-state index is -0.00317. The van der Waals surface area contributed by atoms with E-state index in [1.807, 2.05) is 30.3 Å². The lowest BCUT2D eigenvalue weighted by molar-refractivity contribution is -0.120. The van der Waals surface area contributed by atoms with Crippen molar-refractivity contribution in [3.8, 4) is 0 Å². The van der Waals surface area contributed by atoms with Crippen molar-refractivity contribution in [2.45, 2.75) is 26.7 Å². The van der Waals surface area contributed by atoms with E-state index in [9.17, 15) is 4.79 Å². The van der Waals surface area contributed by atoms with Crippen molar-refractivity contribution in [3.05, 3.63) is 53.6 Å². The molecule has 0 saturated carbocycles. The fourth-order valence-corrected chi connectivity index (χ4v) is 4.65. The molecular weight excluding hydrogens is 342 g/mol. The summed E-state index contributed by atoms with van der Waals surface area (Å²) in [6.07, 6.45) is 1.94. The highest BCUT2D eigenvalue weighted by atomic mass is 32.1. The van der Waals surface area contributed by atoms with Crippen molar-refractivity contribution >= 4 is 38.3 Å². The van der Waals surface area contributed by atoms with Gasteiger partial charge in [0.25, 0.3) is 0 Å². The normalized spacial score (nSPS) is 17.5. The van der Waals surface area contributed by atoms with Crippen LogP contribution in [0.15, 0.2) is 42.5 Å². The van der Waals surface area contributed by atoms with Gasteiger partial charge in [-0.25, -0.2) is 4.98 Å². The molecule has 1 N–H and O–H groups in total. The Morgan fingerprint density at radius 3 is 2.73 bits per heavy atom. The molecule has 1 saturated heterocycles. The second-order valence-corrected chi connectivity index (χ2v) is 8.12. The number of fused-ring (bicyclic) bond motifs is 1. The van der Waals surface area contributed by atoms with Gasteiger partial charge in [0, 0.05) is 18.8 Å². The summed E-state index contributed by atoms with van der Waals surface area (Å²) in [6, 6.07) is 14.4. The van der Waals surface area contributed by atoms with Crippen LogP contribution >= 0.6 is 11.3 Å². The van der Waals surface area contributed by atoms with E-state index in [-0.39, 0.29) is 11.8 Å². The van der Waals surface area contributed by atoms with Crippen LogP contribution in [0.25, 0.3) is 10.2 Å². The van der Waals surface area contributed by atoms with Crippen LogP contribution in [-0.4, -0.2) is 24.0 Å². The zero-order valence-electron chi connectivity index (χ0n) is 15.2. The number of carbonyl (C=O) groups is 1.